The Morgan fingerprint density at radius 2 is 2.26 bits per heavy atom. The van der Waals surface area contributed by atoms with Crippen molar-refractivity contribution in [2.24, 2.45) is 0 Å². The molecule has 0 radical (unpaired) electrons. The summed E-state index contributed by atoms with van der Waals surface area (Å²) in [6.45, 7) is 0. The molecule has 0 atom stereocenters. The highest BCUT2D eigenvalue weighted by Gasteiger charge is 2.14. The molecule has 0 aliphatic heterocycles. The Morgan fingerprint density at radius 1 is 1.42 bits per heavy atom. The molecule has 6 nitrogen and oxygen atoms in total. The first-order valence-electron chi connectivity index (χ1n) is 5.41. The zero-order valence-electron chi connectivity index (χ0n) is 10.1. The minimum atomic E-state index is 0.351. The Hall–Kier alpha value is -2.28. The number of aldehydes is 1. The smallest absolute Gasteiger partial charge is 0.164 e. The first-order chi connectivity index (χ1) is 9.30. The molecular formula is C12H11N5OS. The van der Waals surface area contributed by atoms with Crippen molar-refractivity contribution in [2.45, 2.75) is 5.03 Å². The summed E-state index contributed by atoms with van der Waals surface area (Å²) in [6, 6.07) is 3.62. The van der Waals surface area contributed by atoms with Gasteiger partial charge in [-0.2, -0.15) is 0 Å². The Balaban J connectivity index is 2.60. The van der Waals surface area contributed by atoms with Crippen molar-refractivity contribution in [1.29, 1.82) is 5.41 Å². The molecule has 2 rings (SSSR count). The van der Waals surface area contributed by atoms with E-state index in [1.807, 2.05) is 6.07 Å². The Kier molecular flexibility index (Phi) is 4.19. The number of hydrogen-bond donors (Lipinski definition) is 2. The van der Waals surface area contributed by atoms with Gasteiger partial charge in [-0.25, -0.2) is 9.97 Å². The summed E-state index contributed by atoms with van der Waals surface area (Å²) in [5, 5.41) is 10.5. The van der Waals surface area contributed by atoms with E-state index in [0.29, 0.717) is 28.5 Å². The van der Waals surface area contributed by atoms with E-state index in [1.54, 1.807) is 25.5 Å². The lowest BCUT2D eigenvalue weighted by Gasteiger charge is -2.09. The van der Waals surface area contributed by atoms with Gasteiger partial charge in [-0.3, -0.25) is 9.78 Å². The van der Waals surface area contributed by atoms with Crippen LogP contribution >= 0.6 is 11.8 Å². The second-order valence-corrected chi connectivity index (χ2v) is 4.32. The number of hydrogen-bond acceptors (Lipinski definition) is 7. The van der Waals surface area contributed by atoms with E-state index in [1.165, 1.54) is 0 Å². The molecule has 2 aromatic rings. The highest BCUT2D eigenvalue weighted by atomic mass is 32.2. The van der Waals surface area contributed by atoms with Crippen LogP contribution in [0.2, 0.25) is 0 Å². The van der Waals surface area contributed by atoms with Crippen LogP contribution in [0.3, 0.4) is 0 Å². The summed E-state index contributed by atoms with van der Waals surface area (Å²) in [5.74, 6) is 0.903. The van der Waals surface area contributed by atoms with Gasteiger partial charge >= 0.3 is 0 Å². The average Bonchev–Trinajstić information content (AvgIpc) is 2.47. The zero-order chi connectivity index (χ0) is 13.7. The largest absolute Gasteiger partial charge is 0.372 e. The van der Waals surface area contributed by atoms with Crippen LogP contribution in [-0.2, 0) is 0 Å². The van der Waals surface area contributed by atoms with Crippen LogP contribution in [0.4, 0.5) is 5.82 Å². The molecule has 0 fully saturated rings. The van der Waals surface area contributed by atoms with Crippen LogP contribution in [0.5, 0.6) is 0 Å². The number of thioether (sulfide) groups is 1. The van der Waals surface area contributed by atoms with Crippen molar-refractivity contribution in [3.8, 4) is 11.4 Å². The minimum absolute atomic E-state index is 0.351. The van der Waals surface area contributed by atoms with Crippen molar-refractivity contribution >= 4 is 29.4 Å². The molecule has 0 unspecified atom stereocenters. The zero-order valence-corrected chi connectivity index (χ0v) is 10.9. The Bertz CT molecular complexity index is 603. The number of rotatable bonds is 5. The Labute approximate surface area is 114 Å². The molecule has 0 bridgehead atoms. The molecule has 0 aliphatic carbocycles. The van der Waals surface area contributed by atoms with Gasteiger partial charge in [0.1, 0.15) is 10.8 Å². The molecule has 0 saturated carbocycles. The fourth-order valence-corrected chi connectivity index (χ4v) is 2.04. The second kappa shape index (κ2) is 6.05. The lowest BCUT2D eigenvalue weighted by molar-refractivity contribution is 0.112. The molecule has 0 spiro atoms. The van der Waals surface area contributed by atoms with Crippen LogP contribution in [0.25, 0.3) is 11.4 Å². The van der Waals surface area contributed by atoms with Crippen LogP contribution < -0.4 is 5.32 Å². The molecular weight excluding hydrogens is 262 g/mol. The molecule has 0 saturated heterocycles. The monoisotopic (exact) mass is 273 g/mol. The van der Waals surface area contributed by atoms with Gasteiger partial charge in [0.2, 0.25) is 0 Å². The third-order valence-electron chi connectivity index (χ3n) is 2.36. The maximum absolute atomic E-state index is 11.1. The topological polar surface area (TPSA) is 91.6 Å². The predicted molar refractivity (Wildman–Crippen MR) is 74.8 cm³/mol. The highest BCUT2D eigenvalue weighted by molar-refractivity contribution is 8.12. The third kappa shape index (κ3) is 2.76. The van der Waals surface area contributed by atoms with E-state index >= 15 is 0 Å². The number of anilines is 1. The number of pyridine rings is 1. The van der Waals surface area contributed by atoms with E-state index in [4.69, 9.17) is 5.41 Å². The van der Waals surface area contributed by atoms with Crippen molar-refractivity contribution < 1.29 is 4.79 Å². The summed E-state index contributed by atoms with van der Waals surface area (Å²) in [4.78, 5) is 23.7. The second-order valence-electron chi connectivity index (χ2n) is 3.46. The quantitative estimate of drug-likeness (QED) is 0.285. The summed E-state index contributed by atoms with van der Waals surface area (Å²) >= 11 is 1.06. The fraction of sp³-hybridized carbons (Fsp3) is 0.0833. The van der Waals surface area contributed by atoms with Gasteiger partial charge in [0, 0.05) is 25.0 Å². The van der Waals surface area contributed by atoms with Crippen molar-refractivity contribution in [1.82, 2.24) is 15.0 Å². The summed E-state index contributed by atoms with van der Waals surface area (Å²) in [7, 11) is 1.68. The molecule has 96 valence electrons. The molecule has 19 heavy (non-hydrogen) atoms. The van der Waals surface area contributed by atoms with Gasteiger partial charge in [-0.15, -0.1) is 0 Å². The first kappa shape index (κ1) is 13.2. The number of carbonyl (C=O) groups is 1. The number of nitrogens with one attached hydrogen (secondary N) is 2. The van der Waals surface area contributed by atoms with Gasteiger partial charge < -0.3 is 10.7 Å². The average molecular weight is 273 g/mol. The lowest BCUT2D eigenvalue weighted by Crippen LogP contribution is -2.04. The van der Waals surface area contributed by atoms with Gasteiger partial charge in [-0.05, 0) is 12.1 Å². The summed E-state index contributed by atoms with van der Waals surface area (Å²) in [6.07, 6.45) is 3.99. The number of carbonyl (C=O) groups excluding carboxylic acids is 1. The van der Waals surface area contributed by atoms with E-state index in [-0.39, 0.29) is 0 Å². The minimum Gasteiger partial charge on any atom is -0.372 e. The van der Waals surface area contributed by atoms with E-state index in [9.17, 15) is 4.79 Å². The van der Waals surface area contributed by atoms with E-state index < -0.39 is 0 Å². The maximum Gasteiger partial charge on any atom is 0.164 e. The standard InChI is InChI=1S/C12H11N5OS/c1-14-11-9(6-18)12(19-7-13)17-10(16-11)8-3-2-4-15-5-8/h2-7,13H,1H3,(H,14,16,17). The van der Waals surface area contributed by atoms with E-state index in [0.717, 1.165) is 22.9 Å². The normalized spacial score (nSPS) is 9.95. The molecule has 7 heteroatoms. The number of nitrogens with zero attached hydrogens (tertiary/aromatic N) is 3. The highest BCUT2D eigenvalue weighted by Crippen LogP contribution is 2.26. The number of aromatic nitrogens is 3. The van der Waals surface area contributed by atoms with Crippen molar-refractivity contribution in [3.63, 3.8) is 0 Å². The fourth-order valence-electron chi connectivity index (χ4n) is 1.52. The van der Waals surface area contributed by atoms with Crippen LogP contribution in [0.15, 0.2) is 29.6 Å². The SMILES string of the molecule is CNc1nc(-c2cccnc2)nc(SC=N)c1C=O. The lowest BCUT2D eigenvalue weighted by atomic mass is 10.2. The Morgan fingerprint density at radius 3 is 2.84 bits per heavy atom. The first-order valence-corrected chi connectivity index (χ1v) is 6.29. The van der Waals surface area contributed by atoms with Gasteiger partial charge in [0.15, 0.2) is 12.1 Å². The predicted octanol–water partition coefficient (Wildman–Crippen LogP) is 2.09. The van der Waals surface area contributed by atoms with Crippen molar-refractivity contribution in [3.05, 3.63) is 30.1 Å². The van der Waals surface area contributed by atoms with Gasteiger partial charge in [0.25, 0.3) is 0 Å². The molecule has 2 N–H and O–H groups in total. The molecule has 2 aromatic heterocycles. The van der Waals surface area contributed by atoms with Crippen LogP contribution in [0, 0.1) is 5.41 Å². The van der Waals surface area contributed by atoms with Gasteiger partial charge in [0.05, 0.1) is 11.1 Å². The molecule has 0 amide bonds. The van der Waals surface area contributed by atoms with Gasteiger partial charge in [-0.1, -0.05) is 11.8 Å². The van der Waals surface area contributed by atoms with Crippen LogP contribution in [0.1, 0.15) is 10.4 Å². The molecule has 0 aromatic carbocycles. The maximum atomic E-state index is 11.1. The molecule has 0 aliphatic rings. The summed E-state index contributed by atoms with van der Waals surface area (Å²) < 4.78 is 0. The molecule has 2 heterocycles. The van der Waals surface area contributed by atoms with E-state index in [2.05, 4.69) is 20.3 Å². The van der Waals surface area contributed by atoms with Crippen LogP contribution in [-0.4, -0.2) is 33.8 Å². The summed E-state index contributed by atoms with van der Waals surface area (Å²) in [5.41, 5.74) is 2.23. The van der Waals surface area contributed by atoms with Crippen molar-refractivity contribution in [2.75, 3.05) is 12.4 Å². The third-order valence-corrected chi connectivity index (χ3v) is 3.01.